The number of aromatic hydroxyl groups is 1. The Morgan fingerprint density at radius 2 is 1.68 bits per heavy atom. The van der Waals surface area contributed by atoms with Crippen molar-refractivity contribution >= 4 is 17.2 Å². The Bertz CT molecular complexity index is 713. The molecule has 0 atom stereocenters. The number of rotatable bonds is 3. The Labute approximate surface area is 134 Å². The van der Waals surface area contributed by atoms with Gasteiger partial charge in [0, 0.05) is 10.6 Å². The molecule has 0 unspecified atom stereocenters. The van der Waals surface area contributed by atoms with Crippen molar-refractivity contribution in [3.63, 3.8) is 0 Å². The van der Waals surface area contributed by atoms with Crippen molar-refractivity contribution in [1.82, 2.24) is 0 Å². The van der Waals surface area contributed by atoms with E-state index in [1.165, 1.54) is 18.2 Å². The van der Waals surface area contributed by atoms with Gasteiger partial charge in [-0.2, -0.15) is 0 Å². The number of phenols is 1. The fourth-order valence-electron chi connectivity index (χ4n) is 2.21. The van der Waals surface area contributed by atoms with E-state index < -0.39 is 5.60 Å². The summed E-state index contributed by atoms with van der Waals surface area (Å²) in [6.07, 6.45) is 0. The van der Waals surface area contributed by atoms with Gasteiger partial charge in [-0.3, -0.25) is 0 Å². The highest BCUT2D eigenvalue weighted by Gasteiger charge is 2.23. The lowest BCUT2D eigenvalue weighted by Gasteiger charge is -2.24. The van der Waals surface area contributed by atoms with Gasteiger partial charge < -0.3 is 10.2 Å². The van der Waals surface area contributed by atoms with Crippen LogP contribution in [0.1, 0.15) is 31.9 Å². The van der Waals surface area contributed by atoms with Gasteiger partial charge in [0.2, 0.25) is 0 Å². The van der Waals surface area contributed by atoms with E-state index in [0.29, 0.717) is 27.3 Å². The topological polar surface area (TPSA) is 40.5 Å². The Morgan fingerprint density at radius 1 is 1.09 bits per heavy atom. The molecule has 0 aliphatic heterocycles. The van der Waals surface area contributed by atoms with E-state index in [1.54, 1.807) is 45.0 Å². The van der Waals surface area contributed by atoms with Crippen LogP contribution in [0.5, 0.6) is 5.75 Å². The quantitative estimate of drug-likeness (QED) is 0.854. The van der Waals surface area contributed by atoms with Crippen molar-refractivity contribution in [2.75, 3.05) is 0 Å². The molecule has 0 radical (unpaired) electrons. The average molecular weight is 321 g/mol. The van der Waals surface area contributed by atoms with Gasteiger partial charge >= 0.3 is 0 Å². The van der Waals surface area contributed by atoms with Crippen LogP contribution in [0.3, 0.4) is 0 Å². The second-order valence-electron chi connectivity index (χ2n) is 5.73. The van der Waals surface area contributed by atoms with E-state index in [2.05, 4.69) is 0 Å². The van der Waals surface area contributed by atoms with Gasteiger partial charge in [-0.1, -0.05) is 23.7 Å². The number of halogens is 2. The fourth-order valence-corrected chi connectivity index (χ4v) is 2.38. The molecule has 0 spiro atoms. The standard InChI is InChI=1S/C18H18ClFO2/c1-11(18(2,3)22)17(12-4-7-14(20)8-5-12)15-9-6-13(19)10-16(15)21/h4-10,21-22H,1-3H3/b17-11+. The largest absolute Gasteiger partial charge is 0.507 e. The van der Waals surface area contributed by atoms with E-state index in [4.69, 9.17) is 11.6 Å². The van der Waals surface area contributed by atoms with Crippen molar-refractivity contribution < 1.29 is 14.6 Å². The molecule has 2 N–H and O–H groups in total. The van der Waals surface area contributed by atoms with E-state index >= 15 is 0 Å². The van der Waals surface area contributed by atoms with Crippen LogP contribution >= 0.6 is 11.6 Å². The number of aliphatic hydroxyl groups is 1. The van der Waals surface area contributed by atoms with Crippen molar-refractivity contribution in [1.29, 1.82) is 0 Å². The maximum Gasteiger partial charge on any atom is 0.124 e. The van der Waals surface area contributed by atoms with Crippen LogP contribution in [0.2, 0.25) is 5.02 Å². The van der Waals surface area contributed by atoms with Gasteiger partial charge in [-0.15, -0.1) is 0 Å². The minimum atomic E-state index is -1.09. The maximum absolute atomic E-state index is 13.2. The number of phenolic OH excluding ortho intramolecular Hbond substituents is 1. The number of hydrogen-bond donors (Lipinski definition) is 2. The molecular weight excluding hydrogens is 303 g/mol. The molecule has 2 nitrogen and oxygen atoms in total. The SMILES string of the molecule is C/C(=C(/c1ccc(F)cc1)c1ccc(Cl)cc1O)C(C)(C)O. The molecule has 22 heavy (non-hydrogen) atoms. The highest BCUT2D eigenvalue weighted by atomic mass is 35.5. The number of benzene rings is 2. The zero-order valence-corrected chi connectivity index (χ0v) is 13.4. The van der Waals surface area contributed by atoms with E-state index in [1.807, 2.05) is 0 Å². The smallest absolute Gasteiger partial charge is 0.124 e. The molecule has 0 heterocycles. The summed E-state index contributed by atoms with van der Waals surface area (Å²) in [6.45, 7) is 5.12. The molecule has 2 rings (SSSR count). The molecule has 2 aromatic carbocycles. The predicted molar refractivity (Wildman–Crippen MR) is 87.5 cm³/mol. The molecule has 0 fully saturated rings. The second-order valence-corrected chi connectivity index (χ2v) is 6.16. The van der Waals surface area contributed by atoms with Gasteiger partial charge in [0.1, 0.15) is 11.6 Å². The van der Waals surface area contributed by atoms with Crippen LogP contribution in [0.15, 0.2) is 48.0 Å². The first-order chi connectivity index (χ1) is 10.2. The second kappa shape index (κ2) is 6.11. The van der Waals surface area contributed by atoms with Crippen LogP contribution in [0.25, 0.3) is 5.57 Å². The Kier molecular flexibility index (Phi) is 4.59. The molecular formula is C18H18ClFO2. The monoisotopic (exact) mass is 320 g/mol. The highest BCUT2D eigenvalue weighted by Crippen LogP contribution is 2.37. The summed E-state index contributed by atoms with van der Waals surface area (Å²) < 4.78 is 13.2. The van der Waals surface area contributed by atoms with Crippen LogP contribution < -0.4 is 0 Å². The van der Waals surface area contributed by atoms with Crippen LogP contribution in [0.4, 0.5) is 4.39 Å². The molecule has 0 saturated carbocycles. The molecule has 116 valence electrons. The summed E-state index contributed by atoms with van der Waals surface area (Å²) in [5.74, 6) is -0.334. The summed E-state index contributed by atoms with van der Waals surface area (Å²) in [6, 6.07) is 10.7. The summed E-state index contributed by atoms with van der Waals surface area (Å²) in [5.41, 5.74) is 1.48. The predicted octanol–water partition coefficient (Wildman–Crippen LogP) is 4.78. The summed E-state index contributed by atoms with van der Waals surface area (Å²) in [5, 5.41) is 21.0. The van der Waals surface area contributed by atoms with Crippen LogP contribution in [-0.2, 0) is 0 Å². The average Bonchev–Trinajstić information content (AvgIpc) is 2.42. The zero-order valence-electron chi connectivity index (χ0n) is 12.7. The third kappa shape index (κ3) is 3.49. The first-order valence-electron chi connectivity index (χ1n) is 6.88. The summed E-state index contributed by atoms with van der Waals surface area (Å²) in [7, 11) is 0. The van der Waals surface area contributed by atoms with Crippen molar-refractivity contribution in [2.45, 2.75) is 26.4 Å². The van der Waals surface area contributed by atoms with Gasteiger partial charge in [-0.25, -0.2) is 4.39 Å². The third-order valence-corrected chi connectivity index (χ3v) is 3.89. The molecule has 0 bridgehead atoms. The van der Waals surface area contributed by atoms with Crippen LogP contribution in [0, 0.1) is 5.82 Å². The van der Waals surface area contributed by atoms with E-state index in [9.17, 15) is 14.6 Å². The number of hydrogen-bond acceptors (Lipinski definition) is 2. The highest BCUT2D eigenvalue weighted by molar-refractivity contribution is 6.30. The maximum atomic E-state index is 13.2. The Balaban J connectivity index is 2.74. The molecule has 0 aliphatic rings. The summed E-state index contributed by atoms with van der Waals surface area (Å²) in [4.78, 5) is 0. The lowest BCUT2D eigenvalue weighted by Crippen LogP contribution is -2.21. The lowest BCUT2D eigenvalue weighted by atomic mass is 9.86. The van der Waals surface area contributed by atoms with Gasteiger partial charge in [0.05, 0.1) is 5.60 Å². The van der Waals surface area contributed by atoms with Gasteiger partial charge in [0.25, 0.3) is 0 Å². The van der Waals surface area contributed by atoms with Gasteiger partial charge in [0.15, 0.2) is 0 Å². The van der Waals surface area contributed by atoms with E-state index in [0.717, 1.165) is 0 Å². The molecule has 2 aromatic rings. The van der Waals surface area contributed by atoms with Crippen molar-refractivity contribution in [3.05, 3.63) is 70.0 Å². The third-order valence-electron chi connectivity index (χ3n) is 3.65. The van der Waals surface area contributed by atoms with Gasteiger partial charge in [-0.05, 0) is 67.8 Å². The van der Waals surface area contributed by atoms with Crippen LogP contribution in [-0.4, -0.2) is 15.8 Å². The fraction of sp³-hybridized carbons (Fsp3) is 0.222. The molecule has 0 aliphatic carbocycles. The Morgan fingerprint density at radius 3 is 2.18 bits per heavy atom. The first-order valence-corrected chi connectivity index (χ1v) is 7.26. The minimum absolute atomic E-state index is 0.00965. The summed E-state index contributed by atoms with van der Waals surface area (Å²) >= 11 is 5.88. The molecule has 0 saturated heterocycles. The normalized spacial score (nSPS) is 13.0. The Hall–Kier alpha value is -1.84. The molecule has 0 amide bonds. The van der Waals surface area contributed by atoms with Crippen molar-refractivity contribution in [3.8, 4) is 5.75 Å². The molecule has 0 aromatic heterocycles. The zero-order chi connectivity index (χ0) is 16.5. The van der Waals surface area contributed by atoms with E-state index in [-0.39, 0.29) is 11.6 Å². The minimum Gasteiger partial charge on any atom is -0.507 e. The first kappa shape index (κ1) is 16.5. The molecule has 4 heteroatoms. The lowest BCUT2D eigenvalue weighted by molar-refractivity contribution is 0.120. The van der Waals surface area contributed by atoms with Crippen molar-refractivity contribution in [2.24, 2.45) is 0 Å².